The number of hydrogen-bond donors (Lipinski definition) is 6. The Kier molecular flexibility index (Phi) is 73.0. The highest BCUT2D eigenvalue weighted by molar-refractivity contribution is 7.59. The minimum atomic E-state index is -3.11. The molecule has 14 heteroatoms. The van der Waals surface area contributed by atoms with E-state index in [0.717, 1.165) is 43.9 Å². The van der Waals surface area contributed by atoms with Crippen molar-refractivity contribution in [1.29, 1.82) is 0 Å². The van der Waals surface area contributed by atoms with E-state index in [1.165, 1.54) is 33.4 Å². The van der Waals surface area contributed by atoms with Crippen LogP contribution in [0.2, 0.25) is 0 Å². The van der Waals surface area contributed by atoms with Crippen LogP contribution in [0, 0.1) is 5.92 Å². The number of benzene rings is 6. The van der Waals surface area contributed by atoms with Gasteiger partial charge in [-0.05, 0) is 168 Å². The standard InChI is InChI=1S/C10H16N2O.6C9H12.C7H10N2.3C4H10O.C3H6O.C3H8O.O3S/c1-9(13)7-12(2)8-10-5-3-4-6-11-10;6*1-8(2)9-6-4-3-5-7-9;1-8-6-7-4-2-3-5-9-7;1-4(2)3-5;2*1-3-4(2)5;1-3-2-4-3;1-3(2)4;1-4(2)3/h3-6,9,13H,7-8H2,1-2H3;6*3-8H,1-2H3;2-5,8H,6H2,1H3;3*4-5H,3H2,1-2H3;3H,2H2,1H3;3-4H,1-2H3;. The number of nitrogens with zero attached hydrogens (tertiary/aromatic N) is 3. The third-order valence-corrected chi connectivity index (χ3v) is 13.7. The molecule has 6 N–H and O–H groups in total. The number of rotatable bonds is 15. The number of aliphatic hydroxyl groups is 5. The molecular formula is C89H142N4O9S. The van der Waals surface area contributed by atoms with Gasteiger partial charge in [0.2, 0.25) is 0 Å². The average molecular weight is 1440 g/mol. The van der Waals surface area contributed by atoms with Gasteiger partial charge in [-0.2, -0.15) is 0 Å². The van der Waals surface area contributed by atoms with Crippen molar-refractivity contribution in [2.75, 3.05) is 33.9 Å². The summed E-state index contributed by atoms with van der Waals surface area (Å²) in [7, 11) is 0.774. The highest BCUT2D eigenvalue weighted by atomic mass is 32.2. The Morgan fingerprint density at radius 1 is 0.417 bits per heavy atom. The summed E-state index contributed by atoms with van der Waals surface area (Å²) >= 11 is 0. The van der Waals surface area contributed by atoms with E-state index in [2.05, 4.69) is 251 Å². The minimum absolute atomic E-state index is 0.116. The summed E-state index contributed by atoms with van der Waals surface area (Å²) in [6.07, 6.45) is 5.21. The lowest BCUT2D eigenvalue weighted by Gasteiger charge is -2.17. The fourth-order valence-corrected chi connectivity index (χ4v) is 7.09. The van der Waals surface area contributed by atoms with Gasteiger partial charge in [0.05, 0.1) is 42.4 Å². The predicted octanol–water partition coefficient (Wildman–Crippen LogP) is 20.5. The van der Waals surface area contributed by atoms with E-state index in [1.54, 1.807) is 47.0 Å². The molecule has 4 atom stereocenters. The monoisotopic (exact) mass is 1440 g/mol. The molecule has 4 unspecified atom stereocenters. The zero-order valence-corrected chi connectivity index (χ0v) is 68.8. The predicted molar refractivity (Wildman–Crippen MR) is 441 cm³/mol. The Hall–Kier alpha value is -7.08. The average Bonchev–Trinajstić information content (AvgIpc) is 1.74. The summed E-state index contributed by atoms with van der Waals surface area (Å²) < 4.78 is 30.0. The Morgan fingerprint density at radius 2 is 0.612 bits per heavy atom. The number of aliphatic hydroxyl groups excluding tert-OH is 5. The van der Waals surface area contributed by atoms with Crippen molar-refractivity contribution in [3.63, 3.8) is 0 Å². The summed E-state index contributed by atoms with van der Waals surface area (Å²) in [4.78, 5) is 10.4. The van der Waals surface area contributed by atoms with Crippen molar-refractivity contribution in [2.24, 2.45) is 5.92 Å². The second kappa shape index (κ2) is 71.9. The van der Waals surface area contributed by atoms with E-state index >= 15 is 0 Å². The van der Waals surface area contributed by atoms with Gasteiger partial charge in [-0.25, -0.2) is 0 Å². The second-order valence-corrected chi connectivity index (χ2v) is 27.6. The Bertz CT molecular complexity index is 2710. The smallest absolute Gasteiger partial charge is 0.396 e. The van der Waals surface area contributed by atoms with Crippen molar-refractivity contribution in [1.82, 2.24) is 20.2 Å². The number of hydrogen-bond acceptors (Lipinski definition) is 13. The van der Waals surface area contributed by atoms with Gasteiger partial charge in [-0.1, -0.05) is 305 Å². The summed E-state index contributed by atoms with van der Waals surface area (Å²) in [5, 5.41) is 45.1. The molecule has 1 aliphatic rings. The molecule has 0 spiro atoms. The maximum atomic E-state index is 9.14. The zero-order valence-electron chi connectivity index (χ0n) is 67.9. The van der Waals surface area contributed by atoms with Crippen LogP contribution in [-0.4, -0.2) is 117 Å². The molecule has 1 aliphatic heterocycles. The SMILES string of the molecule is CC(C)CO.CC(C)O.CC(C)c1ccccc1.CC(C)c1ccccc1.CC(C)c1ccccc1.CC(C)c1ccccc1.CC(C)c1ccccc1.CC(C)c1ccccc1.CC(O)CN(C)Cc1ccccn1.CC1CO1.CCC(C)O.CCC(C)O.CNCc1ccccn1.O=S(=O)=O. The molecule has 9 rings (SSSR count). The van der Waals surface area contributed by atoms with Crippen LogP contribution in [0.15, 0.2) is 231 Å². The van der Waals surface area contributed by atoms with Crippen LogP contribution in [0.4, 0.5) is 0 Å². The fourth-order valence-electron chi connectivity index (χ4n) is 7.09. The summed E-state index contributed by atoms with van der Waals surface area (Å²) in [5.41, 5.74) is 10.6. The van der Waals surface area contributed by atoms with Crippen LogP contribution in [0.3, 0.4) is 0 Å². The van der Waals surface area contributed by atoms with Crippen molar-refractivity contribution in [3.05, 3.63) is 276 Å². The summed E-state index contributed by atoms with van der Waals surface area (Å²) in [6, 6.07) is 74.9. The normalized spacial score (nSPS) is 11.8. The van der Waals surface area contributed by atoms with Gasteiger partial charge < -0.3 is 35.6 Å². The number of ether oxygens (including phenoxy) is 1. The number of epoxide rings is 1. The molecule has 0 saturated carbocycles. The van der Waals surface area contributed by atoms with Crippen LogP contribution < -0.4 is 5.32 Å². The maximum absolute atomic E-state index is 9.14. The topological polar surface area (TPSA) is 206 Å². The van der Waals surface area contributed by atoms with Gasteiger partial charge in [-0.3, -0.25) is 14.9 Å². The lowest BCUT2D eigenvalue weighted by molar-refractivity contribution is 0.137. The van der Waals surface area contributed by atoms with E-state index in [0.29, 0.717) is 60.7 Å². The minimum Gasteiger partial charge on any atom is -0.396 e. The molecule has 13 nitrogen and oxygen atoms in total. The quantitative estimate of drug-likeness (QED) is 0.0529. The number of aromatic nitrogens is 2. The molecule has 6 aromatic carbocycles. The number of likely N-dealkylation sites (N-methyl/N-ethyl adjacent to an activating group) is 1. The zero-order chi connectivity index (χ0) is 79.3. The van der Waals surface area contributed by atoms with Crippen molar-refractivity contribution in [3.8, 4) is 0 Å². The van der Waals surface area contributed by atoms with E-state index in [1.807, 2.05) is 119 Å². The molecule has 0 amide bonds. The van der Waals surface area contributed by atoms with E-state index in [-0.39, 0.29) is 24.4 Å². The molecule has 8 aromatic rings. The van der Waals surface area contributed by atoms with Crippen LogP contribution >= 0.6 is 0 Å². The first-order valence-corrected chi connectivity index (χ1v) is 37.8. The molecule has 2 aromatic heterocycles. The lowest BCUT2D eigenvalue weighted by atomic mass is 10.0. The molecule has 103 heavy (non-hydrogen) atoms. The summed E-state index contributed by atoms with van der Waals surface area (Å²) in [6.45, 7) is 48.7. The molecule has 0 bridgehead atoms. The molecule has 1 fully saturated rings. The number of nitrogens with one attached hydrogen (secondary N) is 1. The van der Waals surface area contributed by atoms with Crippen LogP contribution in [0.1, 0.15) is 245 Å². The van der Waals surface area contributed by atoms with E-state index in [9.17, 15) is 0 Å². The fraction of sp³-hybridized carbons (Fsp3) is 0.483. The van der Waals surface area contributed by atoms with Crippen LogP contribution in [0.25, 0.3) is 0 Å². The first-order chi connectivity index (χ1) is 48.6. The molecule has 1 saturated heterocycles. The van der Waals surface area contributed by atoms with Gasteiger partial charge in [-0.15, -0.1) is 12.6 Å². The van der Waals surface area contributed by atoms with E-state index < -0.39 is 10.6 Å². The van der Waals surface area contributed by atoms with Gasteiger partial charge in [0, 0.05) is 44.7 Å². The lowest BCUT2D eigenvalue weighted by Crippen LogP contribution is -2.27. The Morgan fingerprint density at radius 3 is 0.738 bits per heavy atom. The first kappa shape index (κ1) is 105. The van der Waals surface area contributed by atoms with Crippen LogP contribution in [-0.2, 0) is 28.4 Å². The first-order valence-electron chi connectivity index (χ1n) is 36.8. The van der Waals surface area contributed by atoms with Gasteiger partial charge in [0.25, 0.3) is 0 Å². The van der Waals surface area contributed by atoms with Crippen molar-refractivity contribution >= 4 is 10.6 Å². The van der Waals surface area contributed by atoms with Gasteiger partial charge in [0.15, 0.2) is 0 Å². The molecule has 578 valence electrons. The Labute approximate surface area is 629 Å². The largest absolute Gasteiger partial charge is 0.425 e. The van der Waals surface area contributed by atoms with Gasteiger partial charge >= 0.3 is 10.6 Å². The van der Waals surface area contributed by atoms with Crippen molar-refractivity contribution < 1.29 is 42.9 Å². The number of pyridine rings is 2. The molecule has 0 aliphatic carbocycles. The molecule has 0 radical (unpaired) electrons. The highest BCUT2D eigenvalue weighted by Gasteiger charge is 2.13. The maximum Gasteiger partial charge on any atom is 0.425 e. The van der Waals surface area contributed by atoms with Crippen molar-refractivity contribution in [2.45, 2.75) is 244 Å². The molecule has 3 heterocycles. The Balaban J connectivity index is -0.000000339. The summed E-state index contributed by atoms with van der Waals surface area (Å²) in [5.74, 6) is 4.39. The highest BCUT2D eigenvalue weighted by Crippen LogP contribution is 2.16. The third-order valence-electron chi connectivity index (χ3n) is 13.7. The third kappa shape index (κ3) is 80.5. The van der Waals surface area contributed by atoms with Gasteiger partial charge in [0.1, 0.15) is 0 Å². The van der Waals surface area contributed by atoms with Crippen LogP contribution in [0.5, 0.6) is 0 Å². The second-order valence-electron chi connectivity index (χ2n) is 27.1. The van der Waals surface area contributed by atoms with E-state index in [4.69, 9.17) is 42.9 Å². The molecular weight excluding hydrogens is 1300 g/mol.